The van der Waals surface area contributed by atoms with Crippen LogP contribution < -0.4 is 14.8 Å². The molecule has 4 aromatic rings. The fourth-order valence-corrected chi connectivity index (χ4v) is 9.05. The Bertz CT molecular complexity index is 2040. The van der Waals surface area contributed by atoms with Crippen molar-refractivity contribution >= 4 is 35.0 Å². The molecule has 51 heavy (non-hydrogen) atoms. The monoisotopic (exact) mass is 726 g/mol. The van der Waals surface area contributed by atoms with Gasteiger partial charge in [0.25, 0.3) is 0 Å². The number of benzene rings is 2. The average Bonchev–Trinajstić information content (AvgIpc) is 3.47. The summed E-state index contributed by atoms with van der Waals surface area (Å²) in [4.78, 5) is 39.6. The van der Waals surface area contributed by atoms with Crippen LogP contribution in [0.2, 0.25) is 10.0 Å². The summed E-state index contributed by atoms with van der Waals surface area (Å²) < 4.78 is 11.6. The van der Waals surface area contributed by atoms with Crippen molar-refractivity contribution in [1.29, 1.82) is 0 Å². The number of aromatic nitrogens is 2. The van der Waals surface area contributed by atoms with E-state index < -0.39 is 0 Å². The summed E-state index contributed by atoms with van der Waals surface area (Å²) >= 11 is 14.2. The molecule has 12 heteroatoms. The Morgan fingerprint density at radius 3 is 2.22 bits per heavy atom. The van der Waals surface area contributed by atoms with E-state index in [2.05, 4.69) is 26.2 Å². The Morgan fingerprint density at radius 1 is 0.843 bits per heavy atom. The molecule has 0 aliphatic carbocycles. The summed E-state index contributed by atoms with van der Waals surface area (Å²) in [5.41, 5.74) is 6.85. The zero-order chi connectivity index (χ0) is 35.5. The lowest BCUT2D eigenvalue weighted by Crippen LogP contribution is -2.72. The number of hydrogen-bond acceptors (Lipinski definition) is 8. The summed E-state index contributed by atoms with van der Waals surface area (Å²) in [5.74, 6) is 1.62. The number of carbonyl (C=O) groups is 2. The number of methoxy groups -OCH3 is 2. The van der Waals surface area contributed by atoms with Crippen LogP contribution in [0.4, 0.5) is 0 Å². The molecule has 4 aliphatic rings. The minimum Gasteiger partial charge on any atom is -0.496 e. The van der Waals surface area contributed by atoms with Crippen LogP contribution in [0.1, 0.15) is 24.5 Å². The second kappa shape index (κ2) is 13.1. The summed E-state index contributed by atoms with van der Waals surface area (Å²) in [5, 5.41) is 3.98. The molecule has 0 unspecified atom stereocenters. The molecule has 4 saturated heterocycles. The number of halogens is 2. The highest BCUT2D eigenvalue weighted by Gasteiger charge is 2.52. The highest BCUT2D eigenvalue weighted by atomic mass is 35.5. The molecule has 4 aliphatic heterocycles. The molecule has 6 heterocycles. The van der Waals surface area contributed by atoms with Gasteiger partial charge in [0.2, 0.25) is 17.7 Å². The molecular weight excluding hydrogens is 687 g/mol. The highest BCUT2D eigenvalue weighted by molar-refractivity contribution is 6.39. The molecule has 2 aromatic heterocycles. The van der Waals surface area contributed by atoms with E-state index in [0.717, 1.165) is 91.5 Å². The Hall–Kier alpha value is -4.22. The third kappa shape index (κ3) is 6.22. The smallest absolute Gasteiger partial charge is 0.220 e. The van der Waals surface area contributed by atoms with Crippen LogP contribution in [-0.2, 0) is 22.7 Å². The quantitative estimate of drug-likeness (QED) is 0.232. The largest absolute Gasteiger partial charge is 0.496 e. The summed E-state index contributed by atoms with van der Waals surface area (Å²) in [6, 6.07) is 17.8. The van der Waals surface area contributed by atoms with E-state index in [1.807, 2.05) is 53.4 Å². The second-order valence-corrected chi connectivity index (χ2v) is 15.5. The van der Waals surface area contributed by atoms with Gasteiger partial charge in [-0.2, -0.15) is 0 Å². The fraction of sp³-hybridized carbons (Fsp3) is 0.385. The van der Waals surface area contributed by atoms with Gasteiger partial charge in [0, 0.05) is 123 Å². The predicted octanol–water partition coefficient (Wildman–Crippen LogP) is 5.79. The molecular formula is C39H40Cl2N6O4. The second-order valence-electron chi connectivity index (χ2n) is 14.7. The van der Waals surface area contributed by atoms with Gasteiger partial charge in [-0.25, -0.2) is 4.98 Å². The minimum atomic E-state index is 0.0605. The van der Waals surface area contributed by atoms with Crippen molar-refractivity contribution in [3.05, 3.63) is 82.0 Å². The molecule has 0 bridgehead atoms. The van der Waals surface area contributed by atoms with Gasteiger partial charge in [-0.3, -0.25) is 24.4 Å². The first-order valence-corrected chi connectivity index (χ1v) is 18.0. The van der Waals surface area contributed by atoms with Gasteiger partial charge < -0.3 is 19.7 Å². The fourth-order valence-electron chi connectivity index (χ4n) is 8.40. The van der Waals surface area contributed by atoms with Crippen LogP contribution in [0, 0.1) is 10.8 Å². The topological polar surface area (TPSA) is 100 Å². The maximum Gasteiger partial charge on any atom is 0.220 e. The van der Waals surface area contributed by atoms with Gasteiger partial charge in [-0.05, 0) is 18.2 Å². The third-order valence-corrected chi connectivity index (χ3v) is 11.7. The van der Waals surface area contributed by atoms with Gasteiger partial charge in [0.1, 0.15) is 5.75 Å². The molecule has 0 saturated carbocycles. The summed E-state index contributed by atoms with van der Waals surface area (Å²) in [6.45, 7) is 9.25. The highest BCUT2D eigenvalue weighted by Crippen LogP contribution is 2.44. The SMILES string of the molecule is COc1cc(-c2nccc(-c3cccc(-c4ccc(CN5CC6(CNC(=O)C6)C5)c(OC)n4)c3Cl)c2Cl)ccc1CN1CC2(C1)CN(C(C)=O)C2. The molecule has 10 nitrogen and oxygen atoms in total. The first kappa shape index (κ1) is 33.9. The summed E-state index contributed by atoms with van der Waals surface area (Å²) in [6.07, 6.45) is 2.34. The molecule has 0 atom stereocenters. The van der Waals surface area contributed by atoms with Gasteiger partial charge in [-0.15, -0.1) is 0 Å². The van der Waals surface area contributed by atoms with E-state index in [1.54, 1.807) is 27.3 Å². The number of ether oxygens (including phenoxy) is 2. The Kier molecular flexibility index (Phi) is 8.69. The third-order valence-electron chi connectivity index (χ3n) is 10.9. The van der Waals surface area contributed by atoms with E-state index >= 15 is 0 Å². The van der Waals surface area contributed by atoms with Crippen LogP contribution in [-0.4, -0.2) is 96.5 Å². The number of carbonyl (C=O) groups excluding carboxylic acids is 2. The zero-order valence-electron chi connectivity index (χ0n) is 29.0. The average molecular weight is 728 g/mol. The number of likely N-dealkylation sites (tertiary alicyclic amines) is 3. The maximum atomic E-state index is 11.8. The lowest BCUT2D eigenvalue weighted by molar-refractivity contribution is -0.157. The minimum absolute atomic E-state index is 0.0605. The molecule has 2 amide bonds. The molecule has 4 fully saturated rings. The first-order chi connectivity index (χ1) is 24.6. The van der Waals surface area contributed by atoms with Gasteiger partial charge in [0.05, 0.1) is 35.7 Å². The normalized spacial score (nSPS) is 19.0. The van der Waals surface area contributed by atoms with E-state index in [-0.39, 0.29) is 22.6 Å². The number of hydrogen-bond donors (Lipinski definition) is 1. The van der Waals surface area contributed by atoms with Crippen LogP contribution in [0.3, 0.4) is 0 Å². The van der Waals surface area contributed by atoms with Crippen LogP contribution in [0.25, 0.3) is 33.6 Å². The number of amides is 2. The van der Waals surface area contributed by atoms with Crippen molar-refractivity contribution in [3.63, 3.8) is 0 Å². The number of rotatable bonds is 9. The van der Waals surface area contributed by atoms with Crippen LogP contribution >= 0.6 is 23.2 Å². The van der Waals surface area contributed by atoms with Crippen molar-refractivity contribution in [1.82, 2.24) is 30.0 Å². The van der Waals surface area contributed by atoms with Crippen molar-refractivity contribution < 1.29 is 19.1 Å². The molecule has 0 radical (unpaired) electrons. The Morgan fingerprint density at radius 2 is 1.53 bits per heavy atom. The molecule has 1 N–H and O–H groups in total. The van der Waals surface area contributed by atoms with E-state index in [4.69, 9.17) is 37.7 Å². The van der Waals surface area contributed by atoms with E-state index in [9.17, 15) is 9.59 Å². The Labute approximate surface area is 307 Å². The van der Waals surface area contributed by atoms with Gasteiger partial charge >= 0.3 is 0 Å². The van der Waals surface area contributed by atoms with Crippen molar-refractivity contribution in [2.45, 2.75) is 26.4 Å². The molecule has 264 valence electrons. The molecule has 2 aromatic carbocycles. The molecule has 8 rings (SSSR count). The van der Waals surface area contributed by atoms with Gasteiger partial charge in [0.15, 0.2) is 0 Å². The maximum absolute atomic E-state index is 11.8. The van der Waals surface area contributed by atoms with Crippen molar-refractivity contribution in [3.8, 4) is 45.3 Å². The van der Waals surface area contributed by atoms with E-state index in [1.165, 1.54) is 0 Å². The van der Waals surface area contributed by atoms with Gasteiger partial charge in [-0.1, -0.05) is 59.6 Å². The lowest BCUT2D eigenvalue weighted by atomic mass is 9.72. The number of nitrogens with one attached hydrogen (secondary N) is 1. The van der Waals surface area contributed by atoms with Crippen molar-refractivity contribution in [2.75, 3.05) is 60.0 Å². The first-order valence-electron chi connectivity index (χ1n) is 17.2. The predicted molar refractivity (Wildman–Crippen MR) is 197 cm³/mol. The molecule has 2 spiro atoms. The standard InChI is InChI=1S/C39H40Cl2N6O4/c1-24(48)47-22-39(23-47)20-45(21-39)15-26-8-7-25(13-32(26)50-2)36-35(41)29(11-12-42-36)28-5-4-6-30(34(28)40)31-10-9-27(37(44-31)51-3)16-46-18-38(19-46)14-33(49)43-17-38/h4-13H,14-23H2,1-3H3,(H,43,49). The van der Waals surface area contributed by atoms with E-state index in [0.29, 0.717) is 40.3 Å². The van der Waals surface area contributed by atoms with Crippen LogP contribution in [0.15, 0.2) is 60.8 Å². The number of pyridine rings is 2. The van der Waals surface area contributed by atoms with Crippen LogP contribution in [0.5, 0.6) is 11.6 Å². The Balaban J connectivity index is 0.997. The lowest BCUT2D eigenvalue weighted by Gasteiger charge is -2.60. The van der Waals surface area contributed by atoms with Crippen molar-refractivity contribution in [2.24, 2.45) is 10.8 Å². The summed E-state index contributed by atoms with van der Waals surface area (Å²) in [7, 11) is 3.31. The number of nitrogens with zero attached hydrogens (tertiary/aromatic N) is 5. The zero-order valence-corrected chi connectivity index (χ0v) is 30.5.